The van der Waals surface area contributed by atoms with Crippen LogP contribution in [0.1, 0.15) is 11.1 Å². The topological polar surface area (TPSA) is 69.4 Å². The standard InChI is InChI=1S/C16H15NO4/c1-21-16-8-7-14(17(19)20)10-13(16)11-15(18)9-12-5-3-2-4-6-12/h2-8,10H,9,11H2,1H3. The first-order valence-electron chi connectivity index (χ1n) is 6.47. The van der Waals surface area contributed by atoms with E-state index in [0.717, 1.165) is 5.56 Å². The summed E-state index contributed by atoms with van der Waals surface area (Å²) in [6, 6.07) is 13.7. The van der Waals surface area contributed by atoms with E-state index in [1.807, 2.05) is 30.3 Å². The lowest BCUT2D eigenvalue weighted by molar-refractivity contribution is -0.384. The van der Waals surface area contributed by atoms with Gasteiger partial charge in [-0.2, -0.15) is 0 Å². The van der Waals surface area contributed by atoms with Gasteiger partial charge in [0.2, 0.25) is 0 Å². The molecule has 0 N–H and O–H groups in total. The fraction of sp³-hybridized carbons (Fsp3) is 0.188. The molecule has 0 bridgehead atoms. The van der Waals surface area contributed by atoms with Gasteiger partial charge in [0.25, 0.3) is 5.69 Å². The summed E-state index contributed by atoms with van der Waals surface area (Å²) in [7, 11) is 1.48. The van der Waals surface area contributed by atoms with Crippen molar-refractivity contribution in [2.75, 3.05) is 7.11 Å². The number of ether oxygens (including phenoxy) is 1. The van der Waals surface area contributed by atoms with Crippen molar-refractivity contribution in [3.8, 4) is 5.75 Å². The van der Waals surface area contributed by atoms with Gasteiger partial charge in [-0.15, -0.1) is 0 Å². The van der Waals surface area contributed by atoms with Crippen LogP contribution in [0.25, 0.3) is 0 Å². The number of nitro benzene ring substituents is 1. The number of nitrogens with zero attached hydrogens (tertiary/aromatic N) is 1. The summed E-state index contributed by atoms with van der Waals surface area (Å²) < 4.78 is 5.16. The van der Waals surface area contributed by atoms with Gasteiger partial charge in [-0.3, -0.25) is 14.9 Å². The van der Waals surface area contributed by atoms with E-state index in [1.54, 1.807) is 0 Å². The summed E-state index contributed by atoms with van der Waals surface area (Å²) in [6.07, 6.45) is 0.409. The summed E-state index contributed by atoms with van der Waals surface area (Å²) in [6.45, 7) is 0. The van der Waals surface area contributed by atoms with E-state index in [9.17, 15) is 14.9 Å². The Morgan fingerprint density at radius 2 is 1.86 bits per heavy atom. The van der Waals surface area contributed by atoms with Crippen molar-refractivity contribution in [3.63, 3.8) is 0 Å². The highest BCUT2D eigenvalue weighted by Crippen LogP contribution is 2.24. The fourth-order valence-electron chi connectivity index (χ4n) is 2.12. The van der Waals surface area contributed by atoms with E-state index in [-0.39, 0.29) is 17.9 Å². The summed E-state index contributed by atoms with van der Waals surface area (Å²) in [5.74, 6) is 0.474. The van der Waals surface area contributed by atoms with E-state index in [1.165, 1.54) is 25.3 Å². The third kappa shape index (κ3) is 3.89. The largest absolute Gasteiger partial charge is 0.496 e. The molecule has 0 aliphatic rings. The lowest BCUT2D eigenvalue weighted by atomic mass is 10.0. The third-order valence-corrected chi connectivity index (χ3v) is 3.11. The Bertz CT molecular complexity index is 653. The van der Waals surface area contributed by atoms with Gasteiger partial charge in [0, 0.05) is 30.5 Å². The molecule has 21 heavy (non-hydrogen) atoms. The van der Waals surface area contributed by atoms with Crippen molar-refractivity contribution in [2.45, 2.75) is 12.8 Å². The number of non-ortho nitro benzene ring substituents is 1. The zero-order chi connectivity index (χ0) is 15.2. The number of ketones is 1. The molecule has 2 rings (SSSR count). The van der Waals surface area contributed by atoms with Gasteiger partial charge in [-0.25, -0.2) is 0 Å². The predicted molar refractivity (Wildman–Crippen MR) is 78.5 cm³/mol. The molecule has 0 fully saturated rings. The Balaban J connectivity index is 2.16. The Hall–Kier alpha value is -2.69. The number of hydrogen-bond acceptors (Lipinski definition) is 4. The normalized spacial score (nSPS) is 10.1. The molecule has 0 radical (unpaired) electrons. The number of nitro groups is 1. The molecule has 0 amide bonds. The highest BCUT2D eigenvalue weighted by Gasteiger charge is 2.14. The minimum Gasteiger partial charge on any atom is -0.496 e. The van der Waals surface area contributed by atoms with Crippen LogP contribution in [0.3, 0.4) is 0 Å². The predicted octanol–water partition coefficient (Wildman–Crippen LogP) is 2.96. The van der Waals surface area contributed by atoms with Crippen LogP contribution in [0.15, 0.2) is 48.5 Å². The molecule has 0 spiro atoms. The van der Waals surface area contributed by atoms with Crippen LogP contribution in [0.2, 0.25) is 0 Å². The quantitative estimate of drug-likeness (QED) is 0.604. The second-order valence-electron chi connectivity index (χ2n) is 4.63. The molecule has 0 atom stereocenters. The zero-order valence-electron chi connectivity index (χ0n) is 11.6. The Morgan fingerprint density at radius 3 is 2.48 bits per heavy atom. The Labute approximate surface area is 122 Å². The molecule has 0 saturated heterocycles. The molecule has 5 heteroatoms. The number of Topliss-reactive ketones (excluding diaryl/α,β-unsaturated/α-hetero) is 1. The molecule has 0 heterocycles. The molecule has 0 unspecified atom stereocenters. The minimum atomic E-state index is -0.482. The van der Waals surface area contributed by atoms with Crippen LogP contribution in [0.5, 0.6) is 5.75 Å². The molecular formula is C16H15NO4. The highest BCUT2D eigenvalue weighted by molar-refractivity contribution is 5.83. The average Bonchev–Trinajstić information content (AvgIpc) is 2.48. The van der Waals surface area contributed by atoms with Gasteiger partial charge in [0.1, 0.15) is 11.5 Å². The van der Waals surface area contributed by atoms with Crippen LogP contribution < -0.4 is 4.74 Å². The van der Waals surface area contributed by atoms with Crippen molar-refractivity contribution < 1.29 is 14.5 Å². The molecule has 0 aliphatic carbocycles. The first kappa shape index (κ1) is 14.7. The van der Waals surface area contributed by atoms with E-state index in [4.69, 9.17) is 4.74 Å². The van der Waals surface area contributed by atoms with Gasteiger partial charge in [0.05, 0.1) is 12.0 Å². The van der Waals surface area contributed by atoms with E-state index in [0.29, 0.717) is 17.7 Å². The molecule has 0 aliphatic heterocycles. The van der Waals surface area contributed by atoms with Crippen LogP contribution in [0, 0.1) is 10.1 Å². The van der Waals surface area contributed by atoms with E-state index < -0.39 is 4.92 Å². The maximum atomic E-state index is 12.1. The van der Waals surface area contributed by atoms with Crippen molar-refractivity contribution >= 4 is 11.5 Å². The van der Waals surface area contributed by atoms with Crippen LogP contribution >= 0.6 is 0 Å². The number of hydrogen-bond donors (Lipinski definition) is 0. The maximum Gasteiger partial charge on any atom is 0.269 e. The van der Waals surface area contributed by atoms with Crippen molar-refractivity contribution in [1.29, 1.82) is 0 Å². The Kier molecular flexibility index (Phi) is 4.66. The molecule has 2 aromatic carbocycles. The monoisotopic (exact) mass is 285 g/mol. The van der Waals surface area contributed by atoms with Gasteiger partial charge in [-0.1, -0.05) is 30.3 Å². The zero-order valence-corrected chi connectivity index (χ0v) is 11.6. The van der Waals surface area contributed by atoms with Crippen LogP contribution in [-0.4, -0.2) is 17.8 Å². The summed E-state index contributed by atoms with van der Waals surface area (Å²) in [5.41, 5.74) is 1.41. The second-order valence-corrected chi connectivity index (χ2v) is 4.63. The molecule has 108 valence electrons. The van der Waals surface area contributed by atoms with Crippen LogP contribution in [0.4, 0.5) is 5.69 Å². The lowest BCUT2D eigenvalue weighted by Gasteiger charge is -2.08. The van der Waals surface area contributed by atoms with Gasteiger partial charge >= 0.3 is 0 Å². The lowest BCUT2D eigenvalue weighted by Crippen LogP contribution is -2.08. The molecule has 5 nitrogen and oxygen atoms in total. The van der Waals surface area contributed by atoms with Crippen molar-refractivity contribution in [3.05, 3.63) is 69.8 Å². The smallest absolute Gasteiger partial charge is 0.269 e. The molecule has 0 aromatic heterocycles. The van der Waals surface area contributed by atoms with Gasteiger partial charge in [-0.05, 0) is 11.6 Å². The van der Waals surface area contributed by atoms with Gasteiger partial charge in [0.15, 0.2) is 0 Å². The van der Waals surface area contributed by atoms with E-state index in [2.05, 4.69) is 0 Å². The molecule has 2 aromatic rings. The number of rotatable bonds is 6. The van der Waals surface area contributed by atoms with Gasteiger partial charge < -0.3 is 4.74 Å². The number of benzene rings is 2. The second kappa shape index (κ2) is 6.65. The number of carbonyl (C=O) groups is 1. The number of carbonyl (C=O) groups excluding carboxylic acids is 1. The maximum absolute atomic E-state index is 12.1. The SMILES string of the molecule is COc1ccc([N+](=O)[O-])cc1CC(=O)Cc1ccccc1. The first-order valence-corrected chi connectivity index (χ1v) is 6.47. The summed E-state index contributed by atoms with van der Waals surface area (Å²) in [5, 5.41) is 10.8. The third-order valence-electron chi connectivity index (χ3n) is 3.11. The highest BCUT2D eigenvalue weighted by atomic mass is 16.6. The fourth-order valence-corrected chi connectivity index (χ4v) is 2.12. The van der Waals surface area contributed by atoms with Crippen molar-refractivity contribution in [1.82, 2.24) is 0 Å². The summed E-state index contributed by atoms with van der Waals surface area (Å²) >= 11 is 0. The summed E-state index contributed by atoms with van der Waals surface area (Å²) in [4.78, 5) is 22.4. The van der Waals surface area contributed by atoms with Crippen LogP contribution in [-0.2, 0) is 17.6 Å². The molecular weight excluding hydrogens is 270 g/mol. The number of methoxy groups -OCH3 is 1. The van der Waals surface area contributed by atoms with Crippen molar-refractivity contribution in [2.24, 2.45) is 0 Å². The first-order chi connectivity index (χ1) is 10.1. The average molecular weight is 285 g/mol. The minimum absolute atomic E-state index is 0.0139. The van der Waals surface area contributed by atoms with E-state index >= 15 is 0 Å². The molecule has 0 saturated carbocycles. The Morgan fingerprint density at radius 1 is 1.14 bits per heavy atom.